The molecule has 2 N–H and O–H groups in total. The summed E-state index contributed by atoms with van der Waals surface area (Å²) in [5, 5.41) is 12.4. The first-order valence-electron chi connectivity index (χ1n) is 5.57. The van der Waals surface area contributed by atoms with Gasteiger partial charge in [-0.15, -0.1) is 0 Å². The van der Waals surface area contributed by atoms with Crippen molar-refractivity contribution in [1.29, 1.82) is 0 Å². The van der Waals surface area contributed by atoms with Gasteiger partial charge in [0.1, 0.15) is 5.82 Å². The highest BCUT2D eigenvalue weighted by molar-refractivity contribution is 6.30. The molecule has 0 aromatic heterocycles. The summed E-state index contributed by atoms with van der Waals surface area (Å²) in [5.41, 5.74) is 0.644. The van der Waals surface area contributed by atoms with Gasteiger partial charge >= 0.3 is 5.97 Å². The minimum Gasteiger partial charge on any atom is -0.479 e. The molecule has 2 aromatic carbocycles. The molecular weight excluding hydrogens is 269 g/mol. The molecule has 0 amide bonds. The van der Waals surface area contributed by atoms with Crippen LogP contribution in [0.25, 0.3) is 0 Å². The number of para-hydroxylation sites is 1. The van der Waals surface area contributed by atoms with Crippen LogP contribution in [0.1, 0.15) is 11.6 Å². The lowest BCUT2D eigenvalue weighted by Crippen LogP contribution is -2.20. The summed E-state index contributed by atoms with van der Waals surface area (Å²) in [6.45, 7) is 0. The molecule has 0 bridgehead atoms. The van der Waals surface area contributed by atoms with Crippen LogP contribution in [0, 0.1) is 5.82 Å². The molecule has 0 aliphatic heterocycles. The summed E-state index contributed by atoms with van der Waals surface area (Å²) in [6.07, 6.45) is 0. The average Bonchev–Trinajstić information content (AvgIpc) is 2.39. The van der Waals surface area contributed by atoms with Crippen molar-refractivity contribution in [3.05, 3.63) is 64.9 Å². The summed E-state index contributed by atoms with van der Waals surface area (Å²) in [4.78, 5) is 11.3. The van der Waals surface area contributed by atoms with Crippen molar-refractivity contribution in [2.75, 3.05) is 5.32 Å². The van der Waals surface area contributed by atoms with Gasteiger partial charge in [-0.2, -0.15) is 0 Å². The number of rotatable bonds is 4. The Balaban J connectivity index is 2.29. The van der Waals surface area contributed by atoms with E-state index in [0.29, 0.717) is 10.6 Å². The maximum Gasteiger partial charge on any atom is 0.330 e. The Morgan fingerprint density at radius 1 is 1.16 bits per heavy atom. The molecule has 2 aromatic rings. The zero-order chi connectivity index (χ0) is 13.8. The van der Waals surface area contributed by atoms with E-state index >= 15 is 0 Å². The monoisotopic (exact) mass is 279 g/mol. The SMILES string of the molecule is O=C(O)[C@@H](Nc1ccccc1F)c1ccc(Cl)cc1. The highest BCUT2D eigenvalue weighted by atomic mass is 35.5. The van der Waals surface area contributed by atoms with Gasteiger partial charge in [-0.25, -0.2) is 9.18 Å². The predicted octanol–water partition coefficient (Wildman–Crippen LogP) is 3.72. The first-order valence-corrected chi connectivity index (χ1v) is 5.95. The smallest absolute Gasteiger partial charge is 0.330 e. The van der Waals surface area contributed by atoms with Gasteiger partial charge < -0.3 is 10.4 Å². The van der Waals surface area contributed by atoms with E-state index in [1.807, 2.05) is 0 Å². The minimum absolute atomic E-state index is 0.143. The van der Waals surface area contributed by atoms with Gasteiger partial charge in [0.05, 0.1) is 5.69 Å². The van der Waals surface area contributed by atoms with Gasteiger partial charge in [-0.1, -0.05) is 35.9 Å². The van der Waals surface area contributed by atoms with Gasteiger partial charge in [-0.05, 0) is 29.8 Å². The molecule has 0 aliphatic carbocycles. The first kappa shape index (κ1) is 13.4. The van der Waals surface area contributed by atoms with E-state index in [1.165, 1.54) is 12.1 Å². The minimum atomic E-state index is -1.09. The fourth-order valence-electron chi connectivity index (χ4n) is 1.68. The van der Waals surface area contributed by atoms with Crippen LogP contribution in [0.3, 0.4) is 0 Å². The van der Waals surface area contributed by atoms with E-state index in [4.69, 9.17) is 11.6 Å². The standard InChI is InChI=1S/C14H11ClFNO2/c15-10-7-5-9(6-8-10)13(14(18)19)17-12-4-2-1-3-11(12)16/h1-8,13,17H,(H,18,19)/t13-/m0/s1. The Morgan fingerprint density at radius 3 is 2.37 bits per heavy atom. The molecule has 0 spiro atoms. The normalized spacial score (nSPS) is 11.9. The van der Waals surface area contributed by atoms with Crippen LogP contribution in [0.5, 0.6) is 0 Å². The molecule has 0 heterocycles. The molecule has 1 atom stereocenters. The van der Waals surface area contributed by atoms with Gasteiger partial charge in [0.2, 0.25) is 0 Å². The third kappa shape index (κ3) is 3.23. The number of hydrogen-bond donors (Lipinski definition) is 2. The Labute approximate surface area is 114 Å². The molecule has 0 saturated heterocycles. The number of anilines is 1. The lowest BCUT2D eigenvalue weighted by molar-refractivity contribution is -0.138. The lowest BCUT2D eigenvalue weighted by atomic mass is 10.1. The van der Waals surface area contributed by atoms with Crippen LogP contribution in [-0.2, 0) is 4.79 Å². The van der Waals surface area contributed by atoms with Crippen molar-refractivity contribution in [1.82, 2.24) is 0 Å². The molecule has 0 saturated carbocycles. The van der Waals surface area contributed by atoms with Crippen LogP contribution in [0.15, 0.2) is 48.5 Å². The quantitative estimate of drug-likeness (QED) is 0.897. The Bertz CT molecular complexity index is 586. The third-order valence-corrected chi connectivity index (χ3v) is 2.88. The van der Waals surface area contributed by atoms with Crippen LogP contribution < -0.4 is 5.32 Å². The second kappa shape index (κ2) is 5.71. The summed E-state index contributed by atoms with van der Waals surface area (Å²) in [7, 11) is 0. The molecule has 0 unspecified atom stereocenters. The lowest BCUT2D eigenvalue weighted by Gasteiger charge is -2.16. The van der Waals surface area contributed by atoms with Crippen molar-refractivity contribution in [2.45, 2.75) is 6.04 Å². The molecule has 3 nitrogen and oxygen atoms in total. The third-order valence-electron chi connectivity index (χ3n) is 2.62. The number of benzene rings is 2. The van der Waals surface area contributed by atoms with E-state index in [-0.39, 0.29) is 5.69 Å². The Hall–Kier alpha value is -2.07. The molecule has 0 radical (unpaired) electrons. The molecule has 0 aliphatic rings. The highest BCUT2D eigenvalue weighted by Gasteiger charge is 2.20. The Morgan fingerprint density at radius 2 is 1.79 bits per heavy atom. The zero-order valence-electron chi connectivity index (χ0n) is 9.81. The van der Waals surface area contributed by atoms with Gasteiger partial charge in [0.15, 0.2) is 6.04 Å². The summed E-state index contributed by atoms with van der Waals surface area (Å²) in [6, 6.07) is 11.3. The van der Waals surface area contributed by atoms with Gasteiger partial charge in [0.25, 0.3) is 0 Å². The van der Waals surface area contributed by atoms with Gasteiger partial charge in [-0.3, -0.25) is 0 Å². The number of carbonyl (C=O) groups is 1. The van der Waals surface area contributed by atoms with Crippen molar-refractivity contribution in [3.8, 4) is 0 Å². The number of carboxylic acid groups (broad SMARTS) is 1. The van der Waals surface area contributed by atoms with E-state index in [2.05, 4.69) is 5.32 Å². The number of hydrogen-bond acceptors (Lipinski definition) is 2. The van der Waals surface area contributed by atoms with Crippen molar-refractivity contribution < 1.29 is 14.3 Å². The number of carboxylic acids is 1. The van der Waals surface area contributed by atoms with E-state index < -0.39 is 17.8 Å². The van der Waals surface area contributed by atoms with Gasteiger partial charge in [0, 0.05) is 5.02 Å². The highest BCUT2D eigenvalue weighted by Crippen LogP contribution is 2.23. The van der Waals surface area contributed by atoms with Crippen molar-refractivity contribution in [3.63, 3.8) is 0 Å². The molecule has 98 valence electrons. The maximum absolute atomic E-state index is 13.5. The van der Waals surface area contributed by atoms with Crippen LogP contribution in [0.2, 0.25) is 5.02 Å². The summed E-state index contributed by atoms with van der Waals surface area (Å²) in [5.74, 6) is -1.59. The number of aliphatic carboxylic acids is 1. The van der Waals surface area contributed by atoms with Crippen molar-refractivity contribution >= 4 is 23.3 Å². The maximum atomic E-state index is 13.5. The predicted molar refractivity (Wildman–Crippen MR) is 71.9 cm³/mol. The van der Waals surface area contributed by atoms with E-state index in [0.717, 1.165) is 0 Å². The first-order chi connectivity index (χ1) is 9.08. The molecular formula is C14H11ClFNO2. The topological polar surface area (TPSA) is 49.3 Å². The van der Waals surface area contributed by atoms with Crippen LogP contribution in [0.4, 0.5) is 10.1 Å². The van der Waals surface area contributed by atoms with Crippen LogP contribution >= 0.6 is 11.6 Å². The summed E-state index contributed by atoms with van der Waals surface area (Å²) < 4.78 is 13.5. The Kier molecular flexibility index (Phi) is 4.02. The summed E-state index contributed by atoms with van der Waals surface area (Å²) >= 11 is 5.75. The zero-order valence-corrected chi connectivity index (χ0v) is 10.6. The van der Waals surface area contributed by atoms with Crippen molar-refractivity contribution in [2.24, 2.45) is 0 Å². The van der Waals surface area contributed by atoms with E-state index in [1.54, 1.807) is 36.4 Å². The molecule has 2 rings (SSSR count). The average molecular weight is 280 g/mol. The largest absolute Gasteiger partial charge is 0.479 e. The number of nitrogens with one attached hydrogen (secondary N) is 1. The second-order valence-electron chi connectivity index (χ2n) is 3.95. The fraction of sp³-hybridized carbons (Fsp3) is 0.0714. The molecule has 0 fully saturated rings. The van der Waals surface area contributed by atoms with Crippen LogP contribution in [-0.4, -0.2) is 11.1 Å². The van der Waals surface area contributed by atoms with E-state index in [9.17, 15) is 14.3 Å². The molecule has 5 heteroatoms. The second-order valence-corrected chi connectivity index (χ2v) is 4.38. The number of halogens is 2. The molecule has 19 heavy (non-hydrogen) atoms. The fourth-order valence-corrected chi connectivity index (χ4v) is 1.80.